The maximum absolute atomic E-state index is 12.9. The molecule has 0 aliphatic carbocycles. The van der Waals surface area contributed by atoms with E-state index in [4.69, 9.17) is 4.74 Å². The fourth-order valence-electron chi connectivity index (χ4n) is 0.790. The average Bonchev–Trinajstić information content (AvgIpc) is 2.07. The maximum Gasteiger partial charge on any atom is 0.188 e. The summed E-state index contributed by atoms with van der Waals surface area (Å²) in [6.45, 7) is 1.85. The first-order valence-electron chi connectivity index (χ1n) is 3.62. The molecule has 0 aliphatic rings. The quantitative estimate of drug-likeness (QED) is 0.647. The molecule has 0 N–H and O–H groups in total. The molecule has 0 amide bonds. The second-order valence-corrected chi connectivity index (χ2v) is 2.46. The van der Waals surface area contributed by atoms with Gasteiger partial charge in [-0.25, -0.2) is 4.39 Å². The van der Waals surface area contributed by atoms with Gasteiger partial charge in [-0.2, -0.15) is 0 Å². The summed E-state index contributed by atoms with van der Waals surface area (Å²) in [7, 11) is 1.52. The summed E-state index contributed by atoms with van der Waals surface area (Å²) in [6.07, 6.45) is 0. The lowest BCUT2D eigenvalue weighted by atomic mass is 10.2. The van der Waals surface area contributed by atoms with E-state index in [-0.39, 0.29) is 12.6 Å². The zero-order valence-corrected chi connectivity index (χ0v) is 7.13. The van der Waals surface area contributed by atoms with Gasteiger partial charge >= 0.3 is 0 Å². The molecule has 0 saturated heterocycles. The number of hydrogen-bond donors (Lipinski definition) is 0. The summed E-state index contributed by atoms with van der Waals surface area (Å²) in [5.41, 5.74) is 0.611. The number of methoxy groups -OCH3 is 1. The zero-order valence-electron chi connectivity index (χ0n) is 7.13. The number of halogens is 1. The van der Waals surface area contributed by atoms with Crippen molar-refractivity contribution in [2.45, 2.75) is 6.92 Å². The van der Waals surface area contributed by atoms with E-state index >= 15 is 0 Å². The Morgan fingerprint density at radius 1 is 1.42 bits per heavy atom. The molecule has 2 nitrogen and oxygen atoms in total. The van der Waals surface area contributed by atoms with Gasteiger partial charge in [-0.1, -0.05) is 6.07 Å². The molecule has 0 aromatic heterocycles. The van der Waals surface area contributed by atoms with Crippen molar-refractivity contribution >= 4 is 0 Å². The molecule has 0 saturated carbocycles. The van der Waals surface area contributed by atoms with Gasteiger partial charge in [-0.05, 0) is 18.6 Å². The van der Waals surface area contributed by atoms with Gasteiger partial charge in [0.2, 0.25) is 0 Å². The number of benzene rings is 1. The van der Waals surface area contributed by atoms with E-state index in [0.717, 1.165) is 0 Å². The first-order chi connectivity index (χ1) is 5.74. The average molecular weight is 170 g/mol. The van der Waals surface area contributed by atoms with Crippen LogP contribution >= 0.6 is 0 Å². The van der Waals surface area contributed by atoms with Crippen molar-refractivity contribution in [2.75, 3.05) is 13.9 Å². The summed E-state index contributed by atoms with van der Waals surface area (Å²) in [5, 5.41) is 0. The van der Waals surface area contributed by atoms with Gasteiger partial charge in [0.25, 0.3) is 0 Å². The van der Waals surface area contributed by atoms with Crippen molar-refractivity contribution in [3.63, 3.8) is 0 Å². The SMILES string of the molecule is COCOc1ccc(C)c(F)c1. The second kappa shape index (κ2) is 4.07. The van der Waals surface area contributed by atoms with Gasteiger partial charge in [-0.3, -0.25) is 0 Å². The van der Waals surface area contributed by atoms with Gasteiger partial charge in [0, 0.05) is 13.2 Å². The highest BCUT2D eigenvalue weighted by Crippen LogP contribution is 2.15. The summed E-state index contributed by atoms with van der Waals surface area (Å²) < 4.78 is 22.6. The molecule has 66 valence electrons. The normalized spacial score (nSPS) is 9.92. The van der Waals surface area contributed by atoms with Crippen LogP contribution in [0.3, 0.4) is 0 Å². The molecular formula is C9H11FO2. The molecule has 0 aliphatic heterocycles. The van der Waals surface area contributed by atoms with Crippen LogP contribution in [0, 0.1) is 12.7 Å². The number of ether oxygens (including phenoxy) is 2. The van der Waals surface area contributed by atoms with Crippen LogP contribution in [0.1, 0.15) is 5.56 Å². The molecule has 0 bridgehead atoms. The summed E-state index contributed by atoms with van der Waals surface area (Å²) in [4.78, 5) is 0. The lowest BCUT2D eigenvalue weighted by Gasteiger charge is -2.04. The molecule has 1 aromatic carbocycles. The highest BCUT2D eigenvalue weighted by molar-refractivity contribution is 5.27. The molecule has 12 heavy (non-hydrogen) atoms. The number of rotatable bonds is 3. The summed E-state index contributed by atoms with van der Waals surface area (Å²) >= 11 is 0. The molecule has 0 radical (unpaired) electrons. The van der Waals surface area contributed by atoms with Crippen molar-refractivity contribution in [1.29, 1.82) is 0 Å². The largest absolute Gasteiger partial charge is 0.467 e. The Kier molecular flexibility index (Phi) is 3.05. The molecule has 1 aromatic rings. The first kappa shape index (κ1) is 9.00. The Morgan fingerprint density at radius 2 is 2.17 bits per heavy atom. The molecular weight excluding hydrogens is 159 g/mol. The van der Waals surface area contributed by atoms with E-state index in [9.17, 15) is 4.39 Å². The third-order valence-corrected chi connectivity index (χ3v) is 1.49. The summed E-state index contributed by atoms with van der Waals surface area (Å²) in [6, 6.07) is 4.71. The fraction of sp³-hybridized carbons (Fsp3) is 0.333. The highest BCUT2D eigenvalue weighted by Gasteiger charge is 1.98. The van der Waals surface area contributed by atoms with E-state index in [1.165, 1.54) is 13.2 Å². The van der Waals surface area contributed by atoms with Crippen molar-refractivity contribution in [1.82, 2.24) is 0 Å². The van der Waals surface area contributed by atoms with Gasteiger partial charge in [-0.15, -0.1) is 0 Å². The minimum Gasteiger partial charge on any atom is -0.467 e. The second-order valence-electron chi connectivity index (χ2n) is 2.46. The smallest absolute Gasteiger partial charge is 0.188 e. The van der Waals surface area contributed by atoms with Crippen molar-refractivity contribution in [3.8, 4) is 5.75 Å². The van der Waals surface area contributed by atoms with Crippen molar-refractivity contribution in [3.05, 3.63) is 29.6 Å². The minimum absolute atomic E-state index is 0.141. The Hall–Kier alpha value is -1.09. The van der Waals surface area contributed by atoms with Crippen LogP contribution < -0.4 is 4.74 Å². The van der Waals surface area contributed by atoms with Gasteiger partial charge in [0.15, 0.2) is 6.79 Å². The van der Waals surface area contributed by atoms with Crippen LogP contribution in [0.25, 0.3) is 0 Å². The molecule has 0 spiro atoms. The lowest BCUT2D eigenvalue weighted by Crippen LogP contribution is -1.99. The third-order valence-electron chi connectivity index (χ3n) is 1.49. The Morgan fingerprint density at radius 3 is 2.75 bits per heavy atom. The van der Waals surface area contributed by atoms with Crippen molar-refractivity contribution < 1.29 is 13.9 Å². The van der Waals surface area contributed by atoms with Crippen LogP contribution in [0.15, 0.2) is 18.2 Å². The predicted octanol–water partition coefficient (Wildman–Crippen LogP) is 2.12. The minimum atomic E-state index is -0.261. The molecule has 0 unspecified atom stereocenters. The van der Waals surface area contributed by atoms with Gasteiger partial charge in [0.05, 0.1) is 0 Å². The maximum atomic E-state index is 12.9. The van der Waals surface area contributed by atoms with Gasteiger partial charge in [0.1, 0.15) is 11.6 Å². The Balaban J connectivity index is 2.69. The van der Waals surface area contributed by atoms with Crippen LogP contribution in [0.2, 0.25) is 0 Å². The van der Waals surface area contributed by atoms with E-state index in [1.54, 1.807) is 19.1 Å². The van der Waals surface area contributed by atoms with E-state index in [2.05, 4.69) is 4.74 Å². The molecule has 0 atom stereocenters. The highest BCUT2D eigenvalue weighted by atomic mass is 19.1. The third kappa shape index (κ3) is 2.20. The van der Waals surface area contributed by atoms with E-state index in [1.807, 2.05) is 0 Å². The van der Waals surface area contributed by atoms with Crippen LogP contribution in [0.5, 0.6) is 5.75 Å². The Bertz CT molecular complexity index is 261. The van der Waals surface area contributed by atoms with Crippen LogP contribution in [0.4, 0.5) is 4.39 Å². The van der Waals surface area contributed by atoms with E-state index in [0.29, 0.717) is 11.3 Å². The van der Waals surface area contributed by atoms with Crippen LogP contribution in [-0.4, -0.2) is 13.9 Å². The fourth-order valence-corrected chi connectivity index (χ4v) is 0.790. The van der Waals surface area contributed by atoms with Crippen LogP contribution in [-0.2, 0) is 4.74 Å². The standard InChI is InChI=1S/C9H11FO2/c1-7-3-4-8(5-9(7)10)12-6-11-2/h3-5H,6H2,1-2H3. The predicted molar refractivity (Wildman–Crippen MR) is 43.6 cm³/mol. The van der Waals surface area contributed by atoms with E-state index < -0.39 is 0 Å². The Labute approximate surface area is 70.9 Å². The molecule has 0 fully saturated rings. The molecule has 1 rings (SSSR count). The topological polar surface area (TPSA) is 18.5 Å². The molecule has 0 heterocycles. The number of hydrogen-bond acceptors (Lipinski definition) is 2. The monoisotopic (exact) mass is 170 g/mol. The first-order valence-corrected chi connectivity index (χ1v) is 3.62. The summed E-state index contributed by atoms with van der Waals surface area (Å²) in [5.74, 6) is 0.226. The van der Waals surface area contributed by atoms with Gasteiger partial charge < -0.3 is 9.47 Å². The number of aryl methyl sites for hydroxylation is 1. The zero-order chi connectivity index (χ0) is 8.97. The lowest BCUT2D eigenvalue weighted by molar-refractivity contribution is 0.0509. The molecule has 3 heteroatoms. The van der Waals surface area contributed by atoms with Crippen molar-refractivity contribution in [2.24, 2.45) is 0 Å².